The van der Waals surface area contributed by atoms with Gasteiger partial charge in [-0.05, 0) is 80.2 Å². The lowest BCUT2D eigenvalue weighted by molar-refractivity contribution is -0.140. The number of likely N-dealkylation sites (N-methyl/N-ethyl adjacent to an activating group) is 1. The molecule has 1 saturated heterocycles. The number of aryl methyl sites for hydroxylation is 2. The first kappa shape index (κ1) is 80.2. The lowest BCUT2D eigenvalue weighted by atomic mass is 9.84. The molecule has 3 N–H and O–H groups in total. The summed E-state index contributed by atoms with van der Waals surface area (Å²) in [5.74, 6) is -3.24. The van der Waals surface area contributed by atoms with E-state index in [-0.39, 0.29) is 101 Å². The normalized spacial score (nSPS) is 16.3. The van der Waals surface area contributed by atoms with E-state index in [1.165, 1.54) is 23.1 Å². The summed E-state index contributed by atoms with van der Waals surface area (Å²) in [5.41, 5.74) is 9.82. The Kier molecular flexibility index (Phi) is 33.8. The Bertz CT molecular complexity index is 3540. The highest BCUT2D eigenvalue weighted by Gasteiger charge is 2.41. The van der Waals surface area contributed by atoms with Gasteiger partial charge in [-0.25, -0.2) is 9.78 Å². The van der Waals surface area contributed by atoms with Gasteiger partial charge in [0.2, 0.25) is 11.8 Å². The highest BCUT2D eigenvalue weighted by molar-refractivity contribution is 6.23. The molecule has 8 heterocycles. The number of carbonyl (C=O) groups excluding carboxylic acids is 7. The van der Waals surface area contributed by atoms with Crippen LogP contribution in [-0.2, 0) is 85.6 Å². The Balaban J connectivity index is 0.803. The lowest BCUT2D eigenvalue weighted by Crippen LogP contribution is -2.47. The number of amides is 6. The van der Waals surface area contributed by atoms with Crippen LogP contribution in [0, 0.1) is 13.8 Å². The third-order valence-corrected chi connectivity index (χ3v) is 18.1. The van der Waals surface area contributed by atoms with Gasteiger partial charge in [0.1, 0.15) is 6.61 Å². The highest BCUT2D eigenvalue weighted by Crippen LogP contribution is 2.44. The number of hydrogen-bond donors (Lipinski definition) is 3. The van der Waals surface area contributed by atoms with E-state index in [0.717, 1.165) is 27.2 Å². The van der Waals surface area contributed by atoms with Crippen LogP contribution in [0.5, 0.6) is 0 Å². The minimum atomic E-state index is -0.545. The quantitative estimate of drug-likeness (QED) is 0.0286. The van der Waals surface area contributed by atoms with E-state index in [1.54, 1.807) is 25.1 Å². The number of allylic oxidation sites excluding steroid dienone is 2. The SMILES string of the molecule is CCC1=C(C)c2cc3[nH]c(cc4nc(c5c6[nH]c(cc1n2)c(C)c6C(=O)N(CCN1CCOCC1)C5=O)[C@@H](CCC(=O)N(C)CCNC(=O)CCOCCOCCOCCOCCOCCOCCOCCOCCN1C(=O)C=CC1=O)[C@@H]4C)c(C)c3/C=C/C(=O)OCCOCCOCCOC. The van der Waals surface area contributed by atoms with Crippen LogP contribution in [-0.4, -0.2) is 299 Å². The predicted octanol–water partition coefficient (Wildman–Crippen LogP) is 5.13. The van der Waals surface area contributed by atoms with Crippen LogP contribution in [0.15, 0.2) is 36.4 Å². The van der Waals surface area contributed by atoms with Crippen LogP contribution in [0.3, 0.4) is 0 Å². The number of aromatic nitrogens is 4. The molecular weight excluding hydrogens is 1320 g/mol. The standard InChI is InChI=1S/C73H103N9O20/c1-8-54-50(2)58-48-62-55(10-14-67(87)102-46-45-101-44-33-94-28-27-90-7)51(3)57(76-62)47-59-52(4)56(70(77-59)69-71-68(53(5)60(78-71)49-61(54)75-58)72(88)82(73(69)89)19-18-80-20-24-92-25-21-80)9-11-64(84)79(6)17-16-74-63(83)15-23-91-29-31-95-34-36-97-38-40-99-42-43-100-41-39-98-37-35-96-32-30-93-26-22-81-65(85)12-13-66(81)86/h10,12-14,47-49,52,56,76,78H,8-9,11,15-46H2,1-7H3,(H,74,83)/b14-10+,57-47?,58-48?,59-47?,60-49?,61-49?,62-48?,70-69?/t52-,56-/m0/s1. The summed E-state index contributed by atoms with van der Waals surface area (Å²) in [6.45, 7) is 21.5. The molecule has 0 radical (unpaired) electrons. The molecule has 0 aromatic carbocycles. The molecule has 0 spiro atoms. The largest absolute Gasteiger partial charge is 0.460 e. The van der Waals surface area contributed by atoms with Gasteiger partial charge >= 0.3 is 5.97 Å². The van der Waals surface area contributed by atoms with Crippen molar-refractivity contribution in [3.05, 3.63) is 87.0 Å². The van der Waals surface area contributed by atoms with Crippen LogP contribution in [0.25, 0.3) is 39.3 Å². The number of fused-ring (bicyclic) bond motifs is 8. The van der Waals surface area contributed by atoms with E-state index >= 15 is 4.79 Å². The van der Waals surface area contributed by atoms with Crippen LogP contribution < -0.4 is 5.32 Å². The summed E-state index contributed by atoms with van der Waals surface area (Å²) >= 11 is 0. The van der Waals surface area contributed by atoms with E-state index in [1.807, 2.05) is 45.9 Å². The number of aromatic amines is 2. The van der Waals surface area contributed by atoms with Crippen LogP contribution in [0.2, 0.25) is 0 Å². The number of imide groups is 2. The minimum absolute atomic E-state index is 0.0511. The van der Waals surface area contributed by atoms with Crippen molar-refractivity contribution >= 4 is 80.7 Å². The van der Waals surface area contributed by atoms with Crippen molar-refractivity contribution in [1.29, 1.82) is 0 Å². The van der Waals surface area contributed by atoms with E-state index in [2.05, 4.69) is 27.1 Å². The third kappa shape index (κ3) is 23.8. The van der Waals surface area contributed by atoms with Gasteiger partial charge in [0.25, 0.3) is 23.6 Å². The number of morpholine rings is 1. The van der Waals surface area contributed by atoms with E-state index < -0.39 is 23.7 Å². The van der Waals surface area contributed by atoms with Gasteiger partial charge in [-0.1, -0.05) is 13.8 Å². The molecule has 6 amide bonds. The molecule has 102 heavy (non-hydrogen) atoms. The Labute approximate surface area is 596 Å². The number of esters is 1. The fraction of sp³-hybridized carbons (Fsp3) is 0.603. The molecule has 5 aliphatic heterocycles. The summed E-state index contributed by atoms with van der Waals surface area (Å²) < 4.78 is 71.4. The van der Waals surface area contributed by atoms with Gasteiger partial charge in [0.15, 0.2) is 0 Å². The number of rotatable bonds is 48. The summed E-state index contributed by atoms with van der Waals surface area (Å²) in [6, 6.07) is 5.88. The molecule has 29 heteroatoms. The molecule has 8 rings (SSSR count). The zero-order chi connectivity index (χ0) is 72.6. The van der Waals surface area contributed by atoms with Crippen molar-refractivity contribution in [1.82, 2.24) is 44.9 Å². The highest BCUT2D eigenvalue weighted by atomic mass is 16.6. The molecular formula is C73H103N9O20. The van der Waals surface area contributed by atoms with E-state index in [9.17, 15) is 28.8 Å². The Morgan fingerprint density at radius 2 is 1.16 bits per heavy atom. The maximum Gasteiger partial charge on any atom is 0.330 e. The molecule has 0 unspecified atom stereocenters. The summed E-state index contributed by atoms with van der Waals surface area (Å²) in [7, 11) is 3.30. The molecule has 1 fully saturated rings. The first-order chi connectivity index (χ1) is 49.6. The molecule has 3 aromatic heterocycles. The smallest absolute Gasteiger partial charge is 0.330 e. The number of carbonyl (C=O) groups is 7. The topological polar surface area (TPSA) is 322 Å². The van der Waals surface area contributed by atoms with Gasteiger partial charge in [-0.3, -0.25) is 48.5 Å². The Morgan fingerprint density at radius 3 is 1.75 bits per heavy atom. The fourth-order valence-electron chi connectivity index (χ4n) is 12.2. The average Bonchev–Trinajstić information content (AvgIpc) is 1.54. The monoisotopic (exact) mass is 1430 g/mol. The number of hydrogen-bond acceptors (Lipinski definition) is 23. The van der Waals surface area contributed by atoms with Gasteiger partial charge in [-0.2, -0.15) is 0 Å². The Morgan fingerprint density at radius 1 is 0.618 bits per heavy atom. The van der Waals surface area contributed by atoms with E-state index in [0.29, 0.717) is 221 Å². The number of ether oxygens (including phenoxy) is 13. The first-order valence-electron chi connectivity index (χ1n) is 35.4. The van der Waals surface area contributed by atoms with Crippen molar-refractivity contribution in [3.63, 3.8) is 0 Å². The van der Waals surface area contributed by atoms with Gasteiger partial charge in [0, 0.05) is 124 Å². The van der Waals surface area contributed by atoms with Crippen molar-refractivity contribution in [2.75, 3.05) is 219 Å². The first-order valence-corrected chi connectivity index (χ1v) is 35.4. The molecule has 8 bridgehead atoms. The summed E-state index contributed by atoms with van der Waals surface area (Å²) in [4.78, 5) is 118. The van der Waals surface area contributed by atoms with Crippen LogP contribution in [0.1, 0.15) is 118 Å². The van der Waals surface area contributed by atoms with Crippen molar-refractivity contribution < 1.29 is 95.1 Å². The van der Waals surface area contributed by atoms with Gasteiger partial charge in [0.05, 0.1) is 192 Å². The maximum absolute atomic E-state index is 15.4. The minimum Gasteiger partial charge on any atom is -0.460 e. The van der Waals surface area contributed by atoms with Crippen molar-refractivity contribution in [3.8, 4) is 0 Å². The number of methoxy groups -OCH3 is 1. The molecule has 0 saturated carbocycles. The second-order valence-electron chi connectivity index (χ2n) is 24.8. The Hall–Kier alpha value is -7.49. The van der Waals surface area contributed by atoms with Gasteiger partial charge < -0.3 is 81.8 Å². The second kappa shape index (κ2) is 42.9. The molecule has 3 aromatic rings. The maximum atomic E-state index is 15.4. The molecule has 29 nitrogen and oxygen atoms in total. The molecule has 2 atom stereocenters. The van der Waals surface area contributed by atoms with Crippen LogP contribution in [0.4, 0.5) is 0 Å². The molecule has 5 aliphatic rings. The number of nitrogens with one attached hydrogen (secondary N) is 3. The zero-order valence-electron chi connectivity index (χ0n) is 60.3. The summed E-state index contributed by atoms with van der Waals surface area (Å²) in [6.07, 6.45) is 6.80. The zero-order valence-corrected chi connectivity index (χ0v) is 60.3. The fourth-order valence-corrected chi connectivity index (χ4v) is 12.2. The number of nitrogens with zero attached hydrogens (tertiary/aromatic N) is 6. The van der Waals surface area contributed by atoms with Crippen molar-refractivity contribution in [2.45, 2.75) is 72.1 Å². The second-order valence-corrected chi connectivity index (χ2v) is 24.8. The molecule has 0 aliphatic carbocycles. The predicted molar refractivity (Wildman–Crippen MR) is 377 cm³/mol. The molecule has 560 valence electrons. The lowest BCUT2D eigenvalue weighted by Gasteiger charge is -2.31. The van der Waals surface area contributed by atoms with Crippen LogP contribution >= 0.6 is 0 Å². The summed E-state index contributed by atoms with van der Waals surface area (Å²) in [5, 5.41) is 2.89. The number of H-pyrrole nitrogens is 2. The van der Waals surface area contributed by atoms with E-state index in [4.69, 9.17) is 71.5 Å². The van der Waals surface area contributed by atoms with Gasteiger partial charge in [-0.15, -0.1) is 0 Å². The third-order valence-electron chi connectivity index (χ3n) is 18.1. The average molecular weight is 1430 g/mol. The van der Waals surface area contributed by atoms with Crippen molar-refractivity contribution in [2.24, 2.45) is 0 Å².